The van der Waals surface area contributed by atoms with Crippen LogP contribution in [0.1, 0.15) is 20.9 Å². The highest BCUT2D eigenvalue weighted by Crippen LogP contribution is 2.32. The molecule has 0 saturated heterocycles. The molecule has 1 amide bonds. The van der Waals surface area contributed by atoms with E-state index in [1.54, 1.807) is 23.4 Å². The summed E-state index contributed by atoms with van der Waals surface area (Å²) in [7, 11) is -3.72. The van der Waals surface area contributed by atoms with Crippen molar-refractivity contribution in [2.45, 2.75) is 18.2 Å². The number of hydrogen-bond acceptors (Lipinski definition) is 5. The fraction of sp³-hybridized carbons (Fsp3) is 0.231. The van der Waals surface area contributed by atoms with Gasteiger partial charge >= 0.3 is 0 Å². The SMILES string of the molecule is Cc1ncsc1C(=O)N1CCc2cc(S(N)(=O)=O)ccc21. The first-order valence-corrected chi connectivity index (χ1v) is 8.68. The summed E-state index contributed by atoms with van der Waals surface area (Å²) in [4.78, 5) is 19.0. The molecule has 110 valence electrons. The van der Waals surface area contributed by atoms with Crippen molar-refractivity contribution in [3.8, 4) is 0 Å². The average molecular weight is 323 g/mol. The molecule has 3 rings (SSSR count). The van der Waals surface area contributed by atoms with E-state index in [0.29, 0.717) is 23.5 Å². The number of anilines is 1. The lowest BCUT2D eigenvalue weighted by molar-refractivity contribution is 0.0992. The molecule has 8 heteroatoms. The second-order valence-electron chi connectivity index (χ2n) is 4.81. The van der Waals surface area contributed by atoms with Crippen molar-refractivity contribution >= 4 is 33.0 Å². The van der Waals surface area contributed by atoms with Gasteiger partial charge in [0.25, 0.3) is 5.91 Å². The third-order valence-corrected chi connectivity index (χ3v) is 5.29. The molecule has 0 radical (unpaired) electrons. The first-order chi connectivity index (χ1) is 9.88. The summed E-state index contributed by atoms with van der Waals surface area (Å²) in [5, 5.41) is 5.13. The zero-order valence-corrected chi connectivity index (χ0v) is 12.9. The number of carbonyl (C=O) groups is 1. The summed E-state index contributed by atoms with van der Waals surface area (Å²) in [6, 6.07) is 4.60. The van der Waals surface area contributed by atoms with E-state index >= 15 is 0 Å². The Balaban J connectivity index is 1.98. The molecule has 0 unspecified atom stereocenters. The van der Waals surface area contributed by atoms with E-state index in [1.165, 1.54) is 23.5 Å². The molecule has 1 aliphatic rings. The van der Waals surface area contributed by atoms with Gasteiger partial charge in [-0.15, -0.1) is 11.3 Å². The van der Waals surface area contributed by atoms with E-state index in [9.17, 15) is 13.2 Å². The molecule has 0 atom stereocenters. The number of rotatable bonds is 2. The molecule has 0 fully saturated rings. The van der Waals surface area contributed by atoms with Crippen molar-refractivity contribution in [3.05, 3.63) is 39.8 Å². The smallest absolute Gasteiger partial charge is 0.270 e. The number of benzene rings is 1. The topological polar surface area (TPSA) is 93.4 Å². The summed E-state index contributed by atoms with van der Waals surface area (Å²) in [5.41, 5.74) is 3.90. The van der Waals surface area contributed by atoms with Crippen LogP contribution >= 0.6 is 11.3 Å². The fourth-order valence-electron chi connectivity index (χ4n) is 2.40. The van der Waals surface area contributed by atoms with Gasteiger partial charge in [0.2, 0.25) is 10.0 Å². The van der Waals surface area contributed by atoms with Crippen molar-refractivity contribution in [3.63, 3.8) is 0 Å². The van der Waals surface area contributed by atoms with Crippen LogP contribution in [0.25, 0.3) is 0 Å². The maximum absolute atomic E-state index is 12.5. The summed E-state index contributed by atoms with van der Waals surface area (Å²) in [6.45, 7) is 2.32. The van der Waals surface area contributed by atoms with Gasteiger partial charge in [0.05, 0.1) is 16.1 Å². The molecule has 0 spiro atoms. The van der Waals surface area contributed by atoms with E-state index < -0.39 is 10.0 Å². The van der Waals surface area contributed by atoms with E-state index in [-0.39, 0.29) is 10.8 Å². The Labute approximate surface area is 126 Å². The monoisotopic (exact) mass is 323 g/mol. The first kappa shape index (κ1) is 14.2. The van der Waals surface area contributed by atoms with E-state index in [4.69, 9.17) is 5.14 Å². The zero-order chi connectivity index (χ0) is 15.2. The number of nitrogens with zero attached hydrogens (tertiary/aromatic N) is 2. The van der Waals surface area contributed by atoms with Gasteiger partial charge in [0.15, 0.2) is 0 Å². The maximum Gasteiger partial charge on any atom is 0.270 e. The molecule has 1 aliphatic heterocycles. The minimum absolute atomic E-state index is 0.0736. The van der Waals surface area contributed by atoms with Crippen molar-refractivity contribution < 1.29 is 13.2 Å². The highest BCUT2D eigenvalue weighted by molar-refractivity contribution is 7.89. The van der Waals surface area contributed by atoms with Crippen molar-refractivity contribution in [1.29, 1.82) is 0 Å². The lowest BCUT2D eigenvalue weighted by Gasteiger charge is -2.16. The summed E-state index contributed by atoms with van der Waals surface area (Å²) in [6.07, 6.45) is 0.613. The highest BCUT2D eigenvalue weighted by atomic mass is 32.2. The number of fused-ring (bicyclic) bond motifs is 1. The average Bonchev–Trinajstić information content (AvgIpc) is 3.02. The molecule has 6 nitrogen and oxygen atoms in total. The van der Waals surface area contributed by atoms with E-state index in [2.05, 4.69) is 4.98 Å². The van der Waals surface area contributed by atoms with Crippen LogP contribution in [0.5, 0.6) is 0 Å². The Kier molecular flexibility index (Phi) is 3.31. The second kappa shape index (κ2) is 4.90. The molecule has 1 aromatic carbocycles. The summed E-state index contributed by atoms with van der Waals surface area (Å²) in [5.74, 6) is -0.0999. The Bertz CT molecular complexity index is 827. The van der Waals surface area contributed by atoms with Gasteiger partial charge in [-0.25, -0.2) is 18.5 Å². The lowest BCUT2D eigenvalue weighted by Crippen LogP contribution is -2.28. The van der Waals surface area contributed by atoms with Crippen LogP contribution in [-0.2, 0) is 16.4 Å². The van der Waals surface area contributed by atoms with Crippen LogP contribution in [0.4, 0.5) is 5.69 Å². The zero-order valence-electron chi connectivity index (χ0n) is 11.2. The third kappa shape index (κ3) is 2.45. The number of thiazole rings is 1. The largest absolute Gasteiger partial charge is 0.307 e. The van der Waals surface area contributed by atoms with Gasteiger partial charge in [0.1, 0.15) is 4.88 Å². The summed E-state index contributed by atoms with van der Waals surface area (Å²) < 4.78 is 22.7. The molecular weight excluding hydrogens is 310 g/mol. The Morgan fingerprint density at radius 2 is 2.19 bits per heavy atom. The van der Waals surface area contributed by atoms with E-state index in [0.717, 1.165) is 11.3 Å². The number of nitrogens with two attached hydrogens (primary N) is 1. The Morgan fingerprint density at radius 1 is 1.43 bits per heavy atom. The summed E-state index contributed by atoms with van der Waals surface area (Å²) >= 11 is 1.31. The molecule has 2 N–H and O–H groups in total. The number of hydrogen-bond donors (Lipinski definition) is 1. The first-order valence-electron chi connectivity index (χ1n) is 6.25. The Morgan fingerprint density at radius 3 is 2.81 bits per heavy atom. The third-order valence-electron chi connectivity index (χ3n) is 3.46. The van der Waals surface area contributed by atoms with Gasteiger partial charge in [0, 0.05) is 12.2 Å². The minimum atomic E-state index is -3.72. The minimum Gasteiger partial charge on any atom is -0.307 e. The molecule has 2 aromatic rings. The predicted octanol–water partition coefficient (Wildman–Crippen LogP) is 1.30. The van der Waals surface area contributed by atoms with Crippen LogP contribution in [-0.4, -0.2) is 25.9 Å². The molecule has 0 bridgehead atoms. The lowest BCUT2D eigenvalue weighted by atomic mass is 10.2. The molecular formula is C13H13N3O3S2. The standard InChI is InChI=1S/C13H13N3O3S2/c1-8-12(20-7-15-8)13(17)16-5-4-9-6-10(21(14,18)19)2-3-11(9)16/h2-3,6-7H,4-5H2,1H3,(H2,14,18,19). The number of primary sulfonamides is 1. The van der Waals surface area contributed by atoms with Gasteiger partial charge < -0.3 is 4.90 Å². The maximum atomic E-state index is 12.5. The number of amides is 1. The van der Waals surface area contributed by atoms with Crippen LogP contribution in [0.2, 0.25) is 0 Å². The fourth-order valence-corrected chi connectivity index (χ4v) is 3.71. The van der Waals surface area contributed by atoms with Gasteiger partial charge in [-0.3, -0.25) is 4.79 Å². The number of aromatic nitrogens is 1. The van der Waals surface area contributed by atoms with Crippen LogP contribution in [0.3, 0.4) is 0 Å². The van der Waals surface area contributed by atoms with Gasteiger partial charge in [-0.1, -0.05) is 0 Å². The van der Waals surface area contributed by atoms with Crippen molar-refractivity contribution in [2.75, 3.05) is 11.4 Å². The Hall–Kier alpha value is -1.77. The van der Waals surface area contributed by atoms with Crippen LogP contribution in [0, 0.1) is 6.92 Å². The molecule has 0 saturated carbocycles. The molecule has 21 heavy (non-hydrogen) atoms. The molecule has 2 heterocycles. The van der Waals surface area contributed by atoms with Gasteiger partial charge in [-0.05, 0) is 37.1 Å². The number of aryl methyl sites for hydroxylation is 1. The molecule has 1 aromatic heterocycles. The van der Waals surface area contributed by atoms with Crippen LogP contribution < -0.4 is 10.0 Å². The second-order valence-corrected chi connectivity index (χ2v) is 7.23. The molecule has 0 aliphatic carbocycles. The highest BCUT2D eigenvalue weighted by Gasteiger charge is 2.28. The van der Waals surface area contributed by atoms with E-state index in [1.807, 2.05) is 0 Å². The quantitative estimate of drug-likeness (QED) is 0.901. The number of sulfonamides is 1. The predicted molar refractivity (Wildman–Crippen MR) is 80.0 cm³/mol. The number of carbonyl (C=O) groups excluding carboxylic acids is 1. The van der Waals surface area contributed by atoms with Gasteiger partial charge in [-0.2, -0.15) is 0 Å². The van der Waals surface area contributed by atoms with Crippen molar-refractivity contribution in [1.82, 2.24) is 4.98 Å². The van der Waals surface area contributed by atoms with Crippen molar-refractivity contribution in [2.24, 2.45) is 5.14 Å². The normalized spacial score (nSPS) is 14.3. The van der Waals surface area contributed by atoms with Crippen LogP contribution in [0.15, 0.2) is 28.6 Å².